The Morgan fingerprint density at radius 2 is 2.33 bits per heavy atom. The molecule has 0 aromatic carbocycles. The molecule has 0 amide bonds. The number of ether oxygens (including phenoxy) is 1. The van der Waals surface area contributed by atoms with Crippen molar-refractivity contribution in [1.29, 1.82) is 0 Å². The molecule has 0 aliphatic heterocycles. The van der Waals surface area contributed by atoms with Crippen LogP contribution < -0.4 is 5.73 Å². The molecular weight excluding hydrogens is 194 g/mol. The molecule has 2 rings (SSSR count). The lowest BCUT2D eigenvalue weighted by molar-refractivity contribution is 0.0981. The maximum atomic E-state index is 6.07. The lowest BCUT2D eigenvalue weighted by atomic mass is 9.77. The first-order valence-corrected chi connectivity index (χ1v) is 5.44. The Balaban J connectivity index is 1.92. The molecule has 0 radical (unpaired) electrons. The molecule has 15 heavy (non-hydrogen) atoms. The van der Waals surface area contributed by atoms with Gasteiger partial charge in [0.15, 0.2) is 5.82 Å². The molecule has 0 atom stereocenters. The Morgan fingerprint density at radius 3 is 2.93 bits per heavy atom. The van der Waals surface area contributed by atoms with Gasteiger partial charge in [0.2, 0.25) is 0 Å². The van der Waals surface area contributed by atoms with E-state index in [1.165, 1.54) is 0 Å². The van der Waals surface area contributed by atoms with Gasteiger partial charge in [0.05, 0.1) is 5.54 Å². The predicted molar refractivity (Wildman–Crippen MR) is 54.0 cm³/mol. The van der Waals surface area contributed by atoms with Crippen molar-refractivity contribution >= 4 is 0 Å². The molecule has 1 aliphatic rings. The highest BCUT2D eigenvalue weighted by Crippen LogP contribution is 2.36. The molecule has 2 N–H and O–H groups in total. The second kappa shape index (κ2) is 4.28. The topological polar surface area (TPSA) is 74.2 Å². The molecule has 0 bridgehead atoms. The van der Waals surface area contributed by atoms with Crippen molar-refractivity contribution in [3.05, 3.63) is 11.7 Å². The molecular formula is C10H17N3O2. The van der Waals surface area contributed by atoms with Gasteiger partial charge in [-0.25, -0.2) is 0 Å². The first-order chi connectivity index (χ1) is 7.24. The molecule has 1 aromatic heterocycles. The summed E-state index contributed by atoms with van der Waals surface area (Å²) >= 11 is 0. The van der Waals surface area contributed by atoms with Crippen molar-refractivity contribution in [3.8, 4) is 0 Å². The first-order valence-electron chi connectivity index (χ1n) is 5.44. The van der Waals surface area contributed by atoms with Crippen LogP contribution >= 0.6 is 0 Å². The van der Waals surface area contributed by atoms with Crippen molar-refractivity contribution in [2.24, 2.45) is 5.73 Å². The van der Waals surface area contributed by atoms with E-state index in [9.17, 15) is 0 Å². The summed E-state index contributed by atoms with van der Waals surface area (Å²) < 4.78 is 10.4. The SMILES string of the molecule is CCCOCc1nc(C2(N)CCC2)no1. The Bertz CT molecular complexity index is 320. The van der Waals surface area contributed by atoms with Gasteiger partial charge in [-0.3, -0.25) is 0 Å². The van der Waals surface area contributed by atoms with Crippen LogP contribution in [-0.2, 0) is 16.9 Å². The van der Waals surface area contributed by atoms with Crippen molar-refractivity contribution in [1.82, 2.24) is 10.1 Å². The summed E-state index contributed by atoms with van der Waals surface area (Å²) in [5.74, 6) is 1.15. The van der Waals surface area contributed by atoms with Crippen LogP contribution in [0.4, 0.5) is 0 Å². The highest BCUT2D eigenvalue weighted by Gasteiger charge is 2.38. The fourth-order valence-electron chi connectivity index (χ4n) is 1.60. The number of nitrogens with two attached hydrogens (primary N) is 1. The van der Waals surface area contributed by atoms with Gasteiger partial charge in [-0.2, -0.15) is 4.98 Å². The molecule has 5 nitrogen and oxygen atoms in total. The van der Waals surface area contributed by atoms with Crippen LogP contribution in [0, 0.1) is 0 Å². The Kier molecular flexibility index (Phi) is 3.02. The minimum Gasteiger partial charge on any atom is -0.372 e. The zero-order chi connectivity index (χ0) is 10.7. The quantitative estimate of drug-likeness (QED) is 0.744. The zero-order valence-electron chi connectivity index (χ0n) is 9.03. The van der Waals surface area contributed by atoms with Crippen LogP contribution in [0.2, 0.25) is 0 Å². The number of rotatable bonds is 5. The fourth-order valence-corrected chi connectivity index (χ4v) is 1.60. The Morgan fingerprint density at radius 1 is 1.53 bits per heavy atom. The monoisotopic (exact) mass is 211 g/mol. The maximum absolute atomic E-state index is 6.07. The summed E-state index contributed by atoms with van der Waals surface area (Å²) in [7, 11) is 0. The second-order valence-corrected chi connectivity index (χ2v) is 4.07. The predicted octanol–water partition coefficient (Wildman–Crippen LogP) is 1.33. The van der Waals surface area contributed by atoms with Crippen molar-refractivity contribution in [3.63, 3.8) is 0 Å². The van der Waals surface area contributed by atoms with E-state index in [0.29, 0.717) is 24.9 Å². The summed E-state index contributed by atoms with van der Waals surface area (Å²) in [6, 6.07) is 0. The minimum absolute atomic E-state index is 0.341. The van der Waals surface area contributed by atoms with Gasteiger partial charge >= 0.3 is 0 Å². The number of hydrogen-bond donors (Lipinski definition) is 1. The van der Waals surface area contributed by atoms with Crippen LogP contribution in [-0.4, -0.2) is 16.7 Å². The van der Waals surface area contributed by atoms with E-state index in [1.54, 1.807) is 0 Å². The van der Waals surface area contributed by atoms with E-state index in [-0.39, 0.29) is 5.54 Å². The number of hydrogen-bond acceptors (Lipinski definition) is 5. The lowest BCUT2D eigenvalue weighted by Gasteiger charge is -2.34. The molecule has 0 unspecified atom stereocenters. The first kappa shape index (κ1) is 10.6. The van der Waals surface area contributed by atoms with Crippen LogP contribution in [0.15, 0.2) is 4.52 Å². The van der Waals surface area contributed by atoms with Gasteiger partial charge in [0, 0.05) is 6.61 Å². The zero-order valence-corrected chi connectivity index (χ0v) is 9.03. The van der Waals surface area contributed by atoms with E-state index in [4.69, 9.17) is 15.0 Å². The van der Waals surface area contributed by atoms with Crippen molar-refractivity contribution < 1.29 is 9.26 Å². The molecule has 1 aromatic rings. The van der Waals surface area contributed by atoms with Crippen molar-refractivity contribution in [2.75, 3.05) is 6.61 Å². The van der Waals surface area contributed by atoms with Crippen molar-refractivity contribution in [2.45, 2.75) is 44.8 Å². The molecule has 1 heterocycles. The standard InChI is InChI=1S/C10H17N3O2/c1-2-6-14-7-8-12-9(13-15-8)10(11)4-3-5-10/h2-7,11H2,1H3. The van der Waals surface area contributed by atoms with E-state index in [1.807, 2.05) is 0 Å². The average Bonchev–Trinajstić information content (AvgIpc) is 2.64. The highest BCUT2D eigenvalue weighted by atomic mass is 16.5. The Labute approximate surface area is 89.0 Å². The fraction of sp³-hybridized carbons (Fsp3) is 0.800. The van der Waals surface area contributed by atoms with Gasteiger partial charge in [-0.15, -0.1) is 0 Å². The van der Waals surface area contributed by atoms with E-state index in [2.05, 4.69) is 17.1 Å². The van der Waals surface area contributed by atoms with E-state index < -0.39 is 0 Å². The third kappa shape index (κ3) is 2.18. The largest absolute Gasteiger partial charge is 0.372 e. The Hall–Kier alpha value is -0.940. The lowest BCUT2D eigenvalue weighted by Crippen LogP contribution is -2.44. The maximum Gasteiger partial charge on any atom is 0.252 e. The van der Waals surface area contributed by atoms with Crippen LogP contribution in [0.1, 0.15) is 44.3 Å². The normalized spacial score (nSPS) is 18.8. The molecule has 0 saturated heterocycles. The summed E-state index contributed by atoms with van der Waals surface area (Å²) in [5.41, 5.74) is 5.73. The van der Waals surface area contributed by atoms with E-state index in [0.717, 1.165) is 25.7 Å². The summed E-state index contributed by atoms with van der Waals surface area (Å²) in [4.78, 5) is 4.25. The third-order valence-corrected chi connectivity index (χ3v) is 2.73. The van der Waals surface area contributed by atoms with Gasteiger partial charge in [-0.1, -0.05) is 12.1 Å². The second-order valence-electron chi connectivity index (χ2n) is 4.07. The number of nitrogens with zero attached hydrogens (tertiary/aromatic N) is 2. The molecule has 1 fully saturated rings. The van der Waals surface area contributed by atoms with Crippen LogP contribution in [0.25, 0.3) is 0 Å². The molecule has 84 valence electrons. The molecule has 1 aliphatic carbocycles. The number of aromatic nitrogens is 2. The summed E-state index contributed by atoms with van der Waals surface area (Å²) in [6.45, 7) is 3.16. The average molecular weight is 211 g/mol. The molecule has 1 saturated carbocycles. The molecule has 0 spiro atoms. The van der Waals surface area contributed by atoms with Gasteiger partial charge in [0.1, 0.15) is 6.61 Å². The smallest absolute Gasteiger partial charge is 0.252 e. The van der Waals surface area contributed by atoms with E-state index >= 15 is 0 Å². The molecule has 5 heteroatoms. The van der Waals surface area contributed by atoms with Gasteiger partial charge < -0.3 is 15.0 Å². The highest BCUT2D eigenvalue weighted by molar-refractivity contribution is 5.08. The summed E-state index contributed by atoms with van der Waals surface area (Å²) in [6.07, 6.45) is 4.03. The third-order valence-electron chi connectivity index (χ3n) is 2.73. The van der Waals surface area contributed by atoms with Crippen LogP contribution in [0.3, 0.4) is 0 Å². The van der Waals surface area contributed by atoms with Gasteiger partial charge in [-0.05, 0) is 25.7 Å². The summed E-state index contributed by atoms with van der Waals surface area (Å²) in [5, 5.41) is 3.90. The van der Waals surface area contributed by atoms with Gasteiger partial charge in [0.25, 0.3) is 5.89 Å². The minimum atomic E-state index is -0.341. The van der Waals surface area contributed by atoms with Crippen LogP contribution in [0.5, 0.6) is 0 Å².